The monoisotopic (exact) mass is 398 g/mol. The summed E-state index contributed by atoms with van der Waals surface area (Å²) in [4.78, 5) is 10.5. The molecule has 0 bridgehead atoms. The molecule has 1 aromatic rings. The molecule has 0 fully saturated rings. The Morgan fingerprint density at radius 3 is 2.84 bits per heavy atom. The summed E-state index contributed by atoms with van der Waals surface area (Å²) in [6.45, 7) is 4.03. The molecule has 7 heteroatoms. The molecule has 1 unspecified atom stereocenters. The fourth-order valence-electron chi connectivity index (χ4n) is 1.55. The molecule has 0 aliphatic rings. The molecular weight excluding hydrogens is 382 g/mol. The Labute approximate surface area is 129 Å². The Hall–Kier alpha value is -0.570. The lowest BCUT2D eigenvalue weighted by atomic mass is 10.2. The molecule has 0 aliphatic carbocycles. The van der Waals surface area contributed by atoms with Crippen molar-refractivity contribution in [3.8, 4) is 0 Å². The van der Waals surface area contributed by atoms with Crippen LogP contribution in [0.4, 0.5) is 15.8 Å². The lowest BCUT2D eigenvalue weighted by Crippen LogP contribution is -2.17. The van der Waals surface area contributed by atoms with Crippen LogP contribution in [-0.2, 0) is 0 Å². The zero-order valence-corrected chi connectivity index (χ0v) is 13.8. The SMILES string of the molecule is CCSCCC(C)Nc1cc(F)c(I)cc1[N+](=O)[O-]. The number of benzene rings is 1. The number of anilines is 1. The number of nitrogens with zero attached hydrogens (tertiary/aromatic N) is 1. The fourth-order valence-corrected chi connectivity index (χ4v) is 2.80. The zero-order chi connectivity index (χ0) is 14.4. The van der Waals surface area contributed by atoms with Crippen LogP contribution in [-0.4, -0.2) is 22.5 Å². The molecule has 0 saturated carbocycles. The van der Waals surface area contributed by atoms with Crippen molar-refractivity contribution in [2.75, 3.05) is 16.8 Å². The number of nitrogens with one attached hydrogen (secondary N) is 1. The minimum Gasteiger partial charge on any atom is -0.377 e. The van der Waals surface area contributed by atoms with Crippen LogP contribution in [0, 0.1) is 19.5 Å². The maximum Gasteiger partial charge on any atom is 0.293 e. The highest BCUT2D eigenvalue weighted by Crippen LogP contribution is 2.29. The molecule has 1 rings (SSSR count). The average molecular weight is 398 g/mol. The predicted molar refractivity (Wildman–Crippen MR) is 86.5 cm³/mol. The second kappa shape index (κ2) is 7.88. The van der Waals surface area contributed by atoms with Gasteiger partial charge in [0.2, 0.25) is 0 Å². The molecule has 0 aliphatic heterocycles. The highest BCUT2D eigenvalue weighted by atomic mass is 127. The van der Waals surface area contributed by atoms with Gasteiger partial charge in [0.1, 0.15) is 11.5 Å². The Morgan fingerprint density at radius 2 is 2.26 bits per heavy atom. The highest BCUT2D eigenvalue weighted by molar-refractivity contribution is 14.1. The van der Waals surface area contributed by atoms with Crippen LogP contribution >= 0.6 is 34.4 Å². The maximum atomic E-state index is 13.5. The Morgan fingerprint density at radius 1 is 1.58 bits per heavy atom. The molecular formula is C12H16FIN2O2S. The number of hydrogen-bond acceptors (Lipinski definition) is 4. The van der Waals surface area contributed by atoms with Gasteiger partial charge in [-0.15, -0.1) is 0 Å². The van der Waals surface area contributed by atoms with Gasteiger partial charge in [-0.25, -0.2) is 4.39 Å². The van der Waals surface area contributed by atoms with Crippen molar-refractivity contribution in [3.05, 3.63) is 31.6 Å². The number of hydrogen-bond donors (Lipinski definition) is 1. The summed E-state index contributed by atoms with van der Waals surface area (Å²) in [5.41, 5.74) is 0.165. The minimum atomic E-state index is -0.489. The molecule has 4 nitrogen and oxygen atoms in total. The van der Waals surface area contributed by atoms with E-state index < -0.39 is 10.7 Å². The Bertz CT molecular complexity index is 460. The Balaban J connectivity index is 2.81. The summed E-state index contributed by atoms with van der Waals surface area (Å²) in [7, 11) is 0. The van der Waals surface area contributed by atoms with Gasteiger partial charge in [0.15, 0.2) is 0 Å². The van der Waals surface area contributed by atoms with Crippen LogP contribution in [0.15, 0.2) is 12.1 Å². The molecule has 0 radical (unpaired) electrons. The summed E-state index contributed by atoms with van der Waals surface area (Å²) in [6.07, 6.45) is 0.878. The first kappa shape index (κ1) is 16.5. The summed E-state index contributed by atoms with van der Waals surface area (Å²) >= 11 is 3.56. The molecule has 0 spiro atoms. The van der Waals surface area contributed by atoms with Gasteiger partial charge in [-0.1, -0.05) is 6.92 Å². The van der Waals surface area contributed by atoms with Crippen LogP contribution in [0.3, 0.4) is 0 Å². The molecule has 0 saturated heterocycles. The molecule has 0 amide bonds. The lowest BCUT2D eigenvalue weighted by molar-refractivity contribution is -0.384. The van der Waals surface area contributed by atoms with Gasteiger partial charge in [-0.3, -0.25) is 10.1 Å². The van der Waals surface area contributed by atoms with Gasteiger partial charge >= 0.3 is 0 Å². The summed E-state index contributed by atoms with van der Waals surface area (Å²) in [5, 5.41) is 14.0. The molecule has 0 heterocycles. The van der Waals surface area contributed by atoms with Crippen molar-refractivity contribution in [1.82, 2.24) is 0 Å². The normalized spacial score (nSPS) is 12.2. The third kappa shape index (κ3) is 5.13. The average Bonchev–Trinajstić information content (AvgIpc) is 2.33. The van der Waals surface area contributed by atoms with Crippen molar-refractivity contribution >= 4 is 45.7 Å². The summed E-state index contributed by atoms with van der Waals surface area (Å²) in [5.74, 6) is 1.58. The van der Waals surface area contributed by atoms with E-state index in [9.17, 15) is 14.5 Å². The fraction of sp³-hybridized carbons (Fsp3) is 0.500. The van der Waals surface area contributed by atoms with Crippen LogP contribution < -0.4 is 5.32 Å². The van der Waals surface area contributed by atoms with Crippen molar-refractivity contribution in [1.29, 1.82) is 0 Å². The lowest BCUT2D eigenvalue weighted by Gasteiger charge is -2.15. The molecule has 0 aromatic heterocycles. The largest absolute Gasteiger partial charge is 0.377 e. The van der Waals surface area contributed by atoms with Gasteiger partial charge in [-0.2, -0.15) is 11.8 Å². The van der Waals surface area contributed by atoms with E-state index in [4.69, 9.17) is 0 Å². The standard InChI is InChI=1S/C12H16FIN2O2S/c1-3-19-5-4-8(2)15-11-6-9(13)10(14)7-12(11)16(17)18/h6-8,15H,3-5H2,1-2H3. The van der Waals surface area contributed by atoms with E-state index in [0.717, 1.165) is 17.9 Å². The van der Waals surface area contributed by atoms with E-state index in [0.29, 0.717) is 0 Å². The van der Waals surface area contributed by atoms with Crippen molar-refractivity contribution in [3.63, 3.8) is 0 Å². The highest BCUT2D eigenvalue weighted by Gasteiger charge is 2.18. The number of nitro benzene ring substituents is 1. The van der Waals surface area contributed by atoms with E-state index in [1.54, 1.807) is 22.6 Å². The molecule has 1 atom stereocenters. The van der Waals surface area contributed by atoms with Gasteiger partial charge in [-0.05, 0) is 47.4 Å². The minimum absolute atomic E-state index is 0.0669. The van der Waals surface area contributed by atoms with E-state index in [1.807, 2.05) is 18.7 Å². The second-order valence-electron chi connectivity index (χ2n) is 4.07. The zero-order valence-electron chi connectivity index (χ0n) is 10.8. The number of nitro groups is 1. The second-order valence-corrected chi connectivity index (χ2v) is 6.63. The summed E-state index contributed by atoms with van der Waals surface area (Å²) in [6, 6.07) is 2.52. The van der Waals surface area contributed by atoms with Gasteiger partial charge < -0.3 is 5.32 Å². The number of thioether (sulfide) groups is 1. The van der Waals surface area contributed by atoms with Crippen molar-refractivity contribution in [2.24, 2.45) is 0 Å². The third-order valence-electron chi connectivity index (χ3n) is 2.54. The first-order valence-corrected chi connectivity index (χ1v) is 8.16. The maximum absolute atomic E-state index is 13.5. The van der Waals surface area contributed by atoms with Crippen molar-refractivity contribution in [2.45, 2.75) is 26.3 Å². The number of rotatable bonds is 7. The van der Waals surface area contributed by atoms with Crippen LogP contribution in [0.1, 0.15) is 20.3 Å². The molecule has 19 heavy (non-hydrogen) atoms. The van der Waals surface area contributed by atoms with Crippen LogP contribution in [0.25, 0.3) is 0 Å². The third-order valence-corrected chi connectivity index (χ3v) is 4.30. The van der Waals surface area contributed by atoms with E-state index in [-0.39, 0.29) is 21.0 Å². The first-order valence-electron chi connectivity index (χ1n) is 5.93. The van der Waals surface area contributed by atoms with E-state index in [1.165, 1.54) is 12.1 Å². The summed E-state index contributed by atoms with van der Waals surface area (Å²) < 4.78 is 13.8. The van der Waals surface area contributed by atoms with Gasteiger partial charge in [0, 0.05) is 18.2 Å². The quantitative estimate of drug-likeness (QED) is 0.322. The predicted octanol–water partition coefficient (Wildman–Crippen LogP) is 4.28. The molecule has 106 valence electrons. The van der Waals surface area contributed by atoms with Crippen molar-refractivity contribution < 1.29 is 9.31 Å². The van der Waals surface area contributed by atoms with Crippen LogP contribution in [0.2, 0.25) is 0 Å². The smallest absolute Gasteiger partial charge is 0.293 e. The van der Waals surface area contributed by atoms with Crippen LogP contribution in [0.5, 0.6) is 0 Å². The first-order chi connectivity index (χ1) is 8.95. The van der Waals surface area contributed by atoms with Gasteiger partial charge in [0.25, 0.3) is 5.69 Å². The number of halogens is 2. The molecule has 1 N–H and O–H groups in total. The topological polar surface area (TPSA) is 55.2 Å². The van der Waals surface area contributed by atoms with Gasteiger partial charge in [0.05, 0.1) is 8.49 Å². The van der Waals surface area contributed by atoms with E-state index >= 15 is 0 Å². The Kier molecular flexibility index (Phi) is 6.84. The van der Waals surface area contributed by atoms with E-state index in [2.05, 4.69) is 12.2 Å². The molecule has 1 aromatic carbocycles.